The van der Waals surface area contributed by atoms with E-state index in [4.69, 9.17) is 4.74 Å². The molecule has 0 fully saturated rings. The predicted octanol–water partition coefficient (Wildman–Crippen LogP) is 5.51. The van der Waals surface area contributed by atoms with Gasteiger partial charge in [-0.25, -0.2) is 14.0 Å². The summed E-state index contributed by atoms with van der Waals surface area (Å²) in [5.41, 5.74) is 5.11. The van der Waals surface area contributed by atoms with E-state index in [0.29, 0.717) is 5.56 Å². The van der Waals surface area contributed by atoms with Crippen LogP contribution in [0.5, 0.6) is 0 Å². The van der Waals surface area contributed by atoms with Crippen LogP contribution in [0, 0.1) is 5.82 Å². The first kappa shape index (κ1) is 21.6. The van der Waals surface area contributed by atoms with Gasteiger partial charge in [0.05, 0.1) is 0 Å². The fraction of sp³-hybridized carbons (Fsp3) is 0.143. The van der Waals surface area contributed by atoms with Crippen LogP contribution in [0.3, 0.4) is 0 Å². The first-order valence-electron chi connectivity index (χ1n) is 11.0. The first-order valence-corrected chi connectivity index (χ1v) is 11.0. The number of hydrogen-bond donors (Lipinski definition) is 2. The van der Waals surface area contributed by atoms with Crippen LogP contribution in [0.1, 0.15) is 22.6 Å². The molecule has 0 saturated heterocycles. The number of carbonyl (C=O) groups is 2. The summed E-state index contributed by atoms with van der Waals surface area (Å²) >= 11 is 0. The van der Waals surface area contributed by atoms with Crippen LogP contribution in [0.25, 0.3) is 21.9 Å². The van der Waals surface area contributed by atoms with Crippen LogP contribution in [0.2, 0.25) is 0 Å². The monoisotopic (exact) mass is 455 g/mol. The Balaban J connectivity index is 1.27. The third-order valence-electron chi connectivity index (χ3n) is 6.24. The standard InChI is InChI=1S/C28H22FNO4/c29-20-12-11-18-13-17(9-10-19(18)15-20)14-26(27(31)32)30-28(33)34-16-25-23-7-3-1-5-21(23)22-6-2-4-8-24(22)25/h1-13,15,25-26H,14,16H2,(H,30,33)(H,31,32)/t26-/m0/s1. The summed E-state index contributed by atoms with van der Waals surface area (Å²) in [5.74, 6) is -1.60. The average molecular weight is 455 g/mol. The van der Waals surface area contributed by atoms with E-state index in [1.165, 1.54) is 12.1 Å². The minimum Gasteiger partial charge on any atom is -0.480 e. The Bertz CT molecular complexity index is 1350. The third-order valence-corrected chi connectivity index (χ3v) is 6.24. The van der Waals surface area contributed by atoms with Crippen molar-refractivity contribution >= 4 is 22.8 Å². The maximum absolute atomic E-state index is 13.4. The second-order valence-corrected chi connectivity index (χ2v) is 8.39. The number of hydrogen-bond acceptors (Lipinski definition) is 3. The highest BCUT2D eigenvalue weighted by atomic mass is 19.1. The van der Waals surface area contributed by atoms with Crippen molar-refractivity contribution < 1.29 is 23.8 Å². The second-order valence-electron chi connectivity index (χ2n) is 8.39. The highest BCUT2D eigenvalue weighted by Crippen LogP contribution is 2.44. The minimum atomic E-state index is -1.16. The van der Waals surface area contributed by atoms with Gasteiger partial charge in [-0.1, -0.05) is 72.8 Å². The summed E-state index contributed by atoms with van der Waals surface area (Å²) in [4.78, 5) is 24.4. The van der Waals surface area contributed by atoms with Crippen molar-refractivity contribution in [2.75, 3.05) is 6.61 Å². The number of halogens is 1. The van der Waals surface area contributed by atoms with Gasteiger partial charge in [0.1, 0.15) is 18.5 Å². The summed E-state index contributed by atoms with van der Waals surface area (Å²) in [6.07, 6.45) is -0.704. The van der Waals surface area contributed by atoms with E-state index in [0.717, 1.165) is 33.0 Å². The predicted molar refractivity (Wildman–Crippen MR) is 127 cm³/mol. The van der Waals surface area contributed by atoms with Gasteiger partial charge in [-0.15, -0.1) is 0 Å². The zero-order valence-electron chi connectivity index (χ0n) is 18.2. The fourth-order valence-corrected chi connectivity index (χ4v) is 4.61. The van der Waals surface area contributed by atoms with Gasteiger partial charge in [0.2, 0.25) is 0 Å². The van der Waals surface area contributed by atoms with Crippen LogP contribution in [0.4, 0.5) is 9.18 Å². The van der Waals surface area contributed by atoms with Crippen molar-refractivity contribution in [3.8, 4) is 11.1 Å². The summed E-state index contributed by atoms with van der Waals surface area (Å²) in [6, 6.07) is 24.5. The topological polar surface area (TPSA) is 75.6 Å². The highest BCUT2D eigenvalue weighted by Gasteiger charge is 2.29. The molecule has 0 radical (unpaired) electrons. The van der Waals surface area contributed by atoms with E-state index >= 15 is 0 Å². The Labute approximate surface area is 195 Å². The zero-order valence-corrected chi connectivity index (χ0v) is 18.2. The molecule has 5 nitrogen and oxygen atoms in total. The molecular formula is C28H22FNO4. The van der Waals surface area contributed by atoms with Gasteiger partial charge in [0.25, 0.3) is 0 Å². The van der Waals surface area contributed by atoms with E-state index in [-0.39, 0.29) is 24.8 Å². The molecule has 6 heteroatoms. The number of aliphatic carboxylic acids is 1. The molecule has 1 aliphatic rings. The molecule has 0 spiro atoms. The smallest absolute Gasteiger partial charge is 0.407 e. The molecule has 1 atom stereocenters. The lowest BCUT2D eigenvalue weighted by molar-refractivity contribution is -0.139. The number of carbonyl (C=O) groups excluding carboxylic acids is 1. The SMILES string of the molecule is O=C(N[C@@H](Cc1ccc2cc(F)ccc2c1)C(=O)O)OCC1c2ccccc2-c2ccccc21. The number of benzene rings is 4. The second kappa shape index (κ2) is 8.98. The van der Waals surface area contributed by atoms with Crippen LogP contribution < -0.4 is 5.32 Å². The molecule has 0 bridgehead atoms. The van der Waals surface area contributed by atoms with Crippen LogP contribution in [-0.4, -0.2) is 29.8 Å². The molecule has 0 aromatic heterocycles. The number of carboxylic acid groups (broad SMARTS) is 1. The Morgan fingerprint density at radius 1 is 0.882 bits per heavy atom. The first-order chi connectivity index (χ1) is 16.5. The molecule has 0 saturated carbocycles. The summed E-state index contributed by atoms with van der Waals surface area (Å²) < 4.78 is 18.9. The van der Waals surface area contributed by atoms with Crippen molar-refractivity contribution in [2.24, 2.45) is 0 Å². The molecule has 1 amide bonds. The quantitative estimate of drug-likeness (QED) is 0.402. The maximum Gasteiger partial charge on any atom is 0.407 e. The van der Waals surface area contributed by atoms with Crippen LogP contribution >= 0.6 is 0 Å². The van der Waals surface area contributed by atoms with Gasteiger partial charge >= 0.3 is 12.1 Å². The van der Waals surface area contributed by atoms with Gasteiger partial charge in [-0.05, 0) is 50.7 Å². The maximum atomic E-state index is 13.4. The van der Waals surface area contributed by atoms with Crippen molar-refractivity contribution in [1.82, 2.24) is 5.32 Å². The van der Waals surface area contributed by atoms with Crippen molar-refractivity contribution in [3.05, 3.63) is 107 Å². The molecular weight excluding hydrogens is 433 g/mol. The molecule has 4 aromatic rings. The van der Waals surface area contributed by atoms with Crippen molar-refractivity contribution in [3.63, 3.8) is 0 Å². The van der Waals surface area contributed by atoms with Gasteiger partial charge in [-0.2, -0.15) is 0 Å². The number of fused-ring (bicyclic) bond motifs is 4. The largest absolute Gasteiger partial charge is 0.480 e. The molecule has 1 aliphatic carbocycles. The fourth-order valence-electron chi connectivity index (χ4n) is 4.61. The summed E-state index contributed by atoms with van der Waals surface area (Å²) in [7, 11) is 0. The van der Waals surface area contributed by atoms with Crippen LogP contribution in [-0.2, 0) is 16.0 Å². The van der Waals surface area contributed by atoms with E-state index in [1.54, 1.807) is 24.3 Å². The zero-order chi connectivity index (χ0) is 23.7. The molecule has 170 valence electrons. The van der Waals surface area contributed by atoms with Gasteiger partial charge < -0.3 is 15.2 Å². The molecule has 34 heavy (non-hydrogen) atoms. The highest BCUT2D eigenvalue weighted by molar-refractivity contribution is 5.84. The van der Waals surface area contributed by atoms with Crippen LogP contribution in [0.15, 0.2) is 84.9 Å². The summed E-state index contributed by atoms with van der Waals surface area (Å²) in [6.45, 7) is 0.105. The lowest BCUT2D eigenvalue weighted by Crippen LogP contribution is -2.42. The van der Waals surface area contributed by atoms with Gasteiger partial charge in [0, 0.05) is 12.3 Å². The van der Waals surface area contributed by atoms with Gasteiger partial charge in [-0.3, -0.25) is 0 Å². The molecule has 5 rings (SSSR count). The number of ether oxygens (including phenoxy) is 1. The van der Waals surface area contributed by atoms with Gasteiger partial charge in [0.15, 0.2) is 0 Å². The number of carboxylic acids is 1. The van der Waals surface area contributed by atoms with E-state index in [2.05, 4.69) is 5.32 Å². The van der Waals surface area contributed by atoms with E-state index < -0.39 is 18.1 Å². The molecule has 0 aliphatic heterocycles. The normalized spacial score (nSPS) is 13.2. The Morgan fingerprint density at radius 2 is 1.50 bits per heavy atom. The molecule has 4 aromatic carbocycles. The van der Waals surface area contributed by atoms with E-state index in [9.17, 15) is 19.1 Å². The molecule has 0 unspecified atom stereocenters. The van der Waals surface area contributed by atoms with E-state index in [1.807, 2.05) is 48.5 Å². The Kier molecular flexibility index (Phi) is 5.72. The number of amides is 1. The Morgan fingerprint density at radius 3 is 2.18 bits per heavy atom. The van der Waals surface area contributed by atoms with Crippen molar-refractivity contribution in [1.29, 1.82) is 0 Å². The Hall–Kier alpha value is -4.19. The third kappa shape index (κ3) is 4.22. The number of rotatable bonds is 6. The minimum absolute atomic E-state index is 0.0762. The lowest BCUT2D eigenvalue weighted by Gasteiger charge is -2.18. The summed E-state index contributed by atoms with van der Waals surface area (Å²) in [5, 5.41) is 13.6. The average Bonchev–Trinajstić information content (AvgIpc) is 3.16. The lowest BCUT2D eigenvalue weighted by atomic mass is 9.98. The van der Waals surface area contributed by atoms with Crippen molar-refractivity contribution in [2.45, 2.75) is 18.4 Å². The number of nitrogens with one attached hydrogen (secondary N) is 1. The molecule has 2 N–H and O–H groups in total. The number of alkyl carbamates (subject to hydrolysis) is 1. The molecule has 0 heterocycles.